The molecule has 24 heavy (non-hydrogen) atoms. The van der Waals surface area contributed by atoms with Gasteiger partial charge >= 0.3 is 0 Å². The molecule has 126 valence electrons. The number of nitrogens with zero attached hydrogens (tertiary/aromatic N) is 2. The summed E-state index contributed by atoms with van der Waals surface area (Å²) in [5, 5.41) is 6.79. The van der Waals surface area contributed by atoms with Gasteiger partial charge in [-0.15, -0.1) is 0 Å². The first-order valence-electron chi connectivity index (χ1n) is 8.13. The monoisotopic (exact) mass is 343 g/mol. The molecule has 0 aromatic carbocycles. The van der Waals surface area contributed by atoms with E-state index >= 15 is 0 Å². The summed E-state index contributed by atoms with van der Waals surface area (Å²) in [7, 11) is 0. The number of hydrogen-bond donors (Lipinski definition) is 1. The zero-order valence-electron chi connectivity index (χ0n) is 13.7. The maximum Gasteiger partial charge on any atom is 0.227 e. The molecule has 1 unspecified atom stereocenters. The lowest BCUT2D eigenvalue weighted by Gasteiger charge is -2.24. The predicted octanol–water partition coefficient (Wildman–Crippen LogP) is 2.69. The summed E-state index contributed by atoms with van der Waals surface area (Å²) >= 11 is 1.62. The first kappa shape index (κ1) is 16.6. The van der Waals surface area contributed by atoms with Crippen molar-refractivity contribution in [3.8, 4) is 0 Å². The zero-order chi connectivity index (χ0) is 16.9. The molecule has 2 aromatic heterocycles. The van der Waals surface area contributed by atoms with Gasteiger partial charge in [0.1, 0.15) is 0 Å². The smallest absolute Gasteiger partial charge is 0.227 e. The lowest BCUT2D eigenvalue weighted by molar-refractivity contribution is -0.131. The molecule has 3 heterocycles. The van der Waals surface area contributed by atoms with Gasteiger partial charge < -0.3 is 10.2 Å². The van der Waals surface area contributed by atoms with Gasteiger partial charge in [0.15, 0.2) is 0 Å². The molecular formula is C18H21N3O2S. The Hall–Kier alpha value is -2.21. The number of carbonyl (C=O) groups is 2. The molecule has 0 radical (unpaired) electrons. The van der Waals surface area contributed by atoms with Gasteiger partial charge in [-0.2, -0.15) is 11.3 Å². The molecular weight excluding hydrogens is 322 g/mol. The van der Waals surface area contributed by atoms with Crippen LogP contribution in [0.1, 0.15) is 42.6 Å². The summed E-state index contributed by atoms with van der Waals surface area (Å²) in [6.45, 7) is 2.77. The first-order chi connectivity index (χ1) is 11.6. The highest BCUT2D eigenvalue weighted by Crippen LogP contribution is 2.31. The second-order valence-corrected chi connectivity index (χ2v) is 6.83. The molecule has 6 heteroatoms. The van der Waals surface area contributed by atoms with E-state index in [1.807, 2.05) is 33.9 Å². The average molecular weight is 343 g/mol. The molecule has 1 aliphatic heterocycles. The van der Waals surface area contributed by atoms with E-state index in [-0.39, 0.29) is 17.9 Å². The Morgan fingerprint density at radius 2 is 2.21 bits per heavy atom. The van der Waals surface area contributed by atoms with Crippen LogP contribution in [0.5, 0.6) is 0 Å². The van der Waals surface area contributed by atoms with Crippen LogP contribution in [0.2, 0.25) is 0 Å². The molecule has 0 bridgehead atoms. The van der Waals surface area contributed by atoms with Crippen molar-refractivity contribution in [1.82, 2.24) is 15.2 Å². The number of amides is 2. The van der Waals surface area contributed by atoms with Gasteiger partial charge in [0.2, 0.25) is 11.8 Å². The van der Waals surface area contributed by atoms with E-state index in [1.54, 1.807) is 17.5 Å². The third kappa shape index (κ3) is 4.00. The summed E-state index contributed by atoms with van der Waals surface area (Å²) < 4.78 is 0. The Bertz CT molecular complexity index is 698. The van der Waals surface area contributed by atoms with Crippen LogP contribution >= 0.6 is 11.3 Å². The second-order valence-electron chi connectivity index (χ2n) is 6.05. The highest BCUT2D eigenvalue weighted by molar-refractivity contribution is 7.08. The summed E-state index contributed by atoms with van der Waals surface area (Å²) in [4.78, 5) is 30.0. The zero-order valence-corrected chi connectivity index (χ0v) is 14.5. The van der Waals surface area contributed by atoms with Gasteiger partial charge in [0.05, 0.1) is 18.2 Å². The topological polar surface area (TPSA) is 62.3 Å². The van der Waals surface area contributed by atoms with Crippen LogP contribution < -0.4 is 5.32 Å². The largest absolute Gasteiger partial charge is 0.352 e. The van der Waals surface area contributed by atoms with Crippen molar-refractivity contribution in [1.29, 1.82) is 0 Å². The average Bonchev–Trinajstić information content (AvgIpc) is 3.24. The lowest BCUT2D eigenvalue weighted by Crippen LogP contribution is -2.32. The van der Waals surface area contributed by atoms with Gasteiger partial charge in [-0.25, -0.2) is 0 Å². The number of rotatable bonds is 5. The van der Waals surface area contributed by atoms with Gasteiger partial charge in [0.25, 0.3) is 0 Å². The molecule has 1 aliphatic rings. The molecule has 2 aromatic rings. The molecule has 0 aliphatic carbocycles. The minimum Gasteiger partial charge on any atom is -0.352 e. The molecule has 1 fully saturated rings. The lowest BCUT2D eigenvalue weighted by atomic mass is 10.1. The SMILES string of the molecule is CC(=O)NCc1ccc(C2CCCN2C(=O)Cc2ccsc2)nc1. The Balaban J connectivity index is 1.66. The molecule has 2 amide bonds. The van der Waals surface area contributed by atoms with Crippen molar-refractivity contribution in [2.24, 2.45) is 0 Å². The maximum absolute atomic E-state index is 12.6. The molecule has 5 nitrogen and oxygen atoms in total. The minimum absolute atomic E-state index is 0.0555. The Kier molecular flexibility index (Phi) is 5.25. The number of carbonyl (C=O) groups excluding carboxylic acids is 2. The van der Waals surface area contributed by atoms with Crippen molar-refractivity contribution in [3.63, 3.8) is 0 Å². The number of thiophene rings is 1. The summed E-state index contributed by atoms with van der Waals surface area (Å²) in [6.07, 6.45) is 4.20. The quantitative estimate of drug-likeness (QED) is 0.908. The molecule has 3 rings (SSSR count). The van der Waals surface area contributed by atoms with E-state index in [1.165, 1.54) is 6.92 Å². The number of pyridine rings is 1. The van der Waals surface area contributed by atoms with Gasteiger partial charge in [-0.05, 0) is 46.9 Å². The van der Waals surface area contributed by atoms with E-state index in [4.69, 9.17) is 0 Å². The third-order valence-corrected chi connectivity index (χ3v) is 4.97. The van der Waals surface area contributed by atoms with Crippen LogP contribution in [-0.4, -0.2) is 28.2 Å². The maximum atomic E-state index is 12.6. The van der Waals surface area contributed by atoms with Crippen LogP contribution in [0.3, 0.4) is 0 Å². The molecule has 1 atom stereocenters. The number of likely N-dealkylation sites (tertiary alicyclic amines) is 1. The second kappa shape index (κ2) is 7.57. The van der Waals surface area contributed by atoms with E-state index in [2.05, 4.69) is 10.3 Å². The molecule has 1 saturated heterocycles. The fourth-order valence-corrected chi connectivity index (χ4v) is 3.67. The van der Waals surface area contributed by atoms with Crippen LogP contribution in [0.15, 0.2) is 35.2 Å². The van der Waals surface area contributed by atoms with Crippen LogP contribution in [-0.2, 0) is 22.6 Å². The number of aromatic nitrogens is 1. The summed E-state index contributed by atoms with van der Waals surface area (Å²) in [6, 6.07) is 6.00. The first-order valence-corrected chi connectivity index (χ1v) is 9.07. The van der Waals surface area contributed by atoms with Crippen molar-refractivity contribution in [2.45, 2.75) is 38.8 Å². The van der Waals surface area contributed by atoms with Gasteiger partial charge in [-0.1, -0.05) is 6.07 Å². The van der Waals surface area contributed by atoms with E-state index < -0.39 is 0 Å². The Labute approximate surface area is 145 Å². The molecule has 1 N–H and O–H groups in total. The predicted molar refractivity (Wildman–Crippen MR) is 93.5 cm³/mol. The van der Waals surface area contributed by atoms with E-state index in [0.29, 0.717) is 13.0 Å². The fourth-order valence-electron chi connectivity index (χ4n) is 3.01. The highest BCUT2D eigenvalue weighted by atomic mass is 32.1. The van der Waals surface area contributed by atoms with Crippen molar-refractivity contribution >= 4 is 23.2 Å². The van der Waals surface area contributed by atoms with Crippen LogP contribution in [0.4, 0.5) is 0 Å². The normalized spacial score (nSPS) is 17.0. The van der Waals surface area contributed by atoms with Crippen molar-refractivity contribution in [3.05, 3.63) is 52.0 Å². The van der Waals surface area contributed by atoms with E-state index in [0.717, 1.165) is 36.2 Å². The van der Waals surface area contributed by atoms with Gasteiger partial charge in [-0.3, -0.25) is 14.6 Å². The third-order valence-electron chi connectivity index (χ3n) is 4.24. The number of nitrogens with one attached hydrogen (secondary N) is 1. The Morgan fingerprint density at radius 1 is 1.33 bits per heavy atom. The van der Waals surface area contributed by atoms with Crippen LogP contribution in [0.25, 0.3) is 0 Å². The van der Waals surface area contributed by atoms with Crippen molar-refractivity contribution < 1.29 is 9.59 Å². The van der Waals surface area contributed by atoms with E-state index in [9.17, 15) is 9.59 Å². The summed E-state index contributed by atoms with van der Waals surface area (Å²) in [5.74, 6) is 0.111. The standard InChI is InChI=1S/C18H21N3O2S/c1-13(22)19-10-15-4-5-16(20-11-15)17-3-2-7-21(17)18(23)9-14-6-8-24-12-14/h4-6,8,11-12,17H,2-3,7,9-10H2,1H3,(H,19,22). The minimum atomic E-state index is -0.0555. The van der Waals surface area contributed by atoms with Crippen molar-refractivity contribution in [2.75, 3.05) is 6.54 Å². The number of hydrogen-bond acceptors (Lipinski definition) is 4. The molecule has 0 saturated carbocycles. The summed E-state index contributed by atoms with van der Waals surface area (Å²) in [5.41, 5.74) is 2.97. The fraction of sp³-hybridized carbons (Fsp3) is 0.389. The highest BCUT2D eigenvalue weighted by Gasteiger charge is 2.30. The van der Waals surface area contributed by atoms with Crippen LogP contribution in [0, 0.1) is 0 Å². The van der Waals surface area contributed by atoms with Gasteiger partial charge in [0, 0.05) is 26.2 Å². The Morgan fingerprint density at radius 3 is 2.88 bits per heavy atom. The molecule has 0 spiro atoms.